The Labute approximate surface area is 509 Å². The van der Waals surface area contributed by atoms with Crippen LogP contribution in [0.1, 0.15) is 158 Å². The van der Waals surface area contributed by atoms with Crippen molar-refractivity contribution in [2.75, 3.05) is 27.3 Å². The molecule has 0 saturated heterocycles. The first-order valence-electron chi connectivity index (χ1n) is 30.4. The fraction of sp³-hybridized carbons (Fsp3) is 0.377. The van der Waals surface area contributed by atoms with Crippen molar-refractivity contribution in [3.8, 4) is 56.6 Å². The molecule has 2 N–H and O–H groups in total. The topological polar surface area (TPSA) is 72.0 Å². The van der Waals surface area contributed by atoms with Crippen molar-refractivity contribution in [1.82, 2.24) is 14.0 Å². The van der Waals surface area contributed by atoms with E-state index in [4.69, 9.17) is 9.47 Å². The van der Waals surface area contributed by atoms with Crippen LogP contribution >= 0.6 is 0 Å². The van der Waals surface area contributed by atoms with Crippen LogP contribution in [0.25, 0.3) is 77.2 Å². The molecule has 450 valence electrons. The highest BCUT2D eigenvalue weighted by molar-refractivity contribution is 6.11. The molecule has 0 aliphatic heterocycles. The van der Waals surface area contributed by atoms with E-state index in [1.807, 2.05) is 31.1 Å². The lowest BCUT2D eigenvalue weighted by Crippen LogP contribution is -2.38. The second-order valence-electron chi connectivity index (χ2n) is 30.4. The van der Waals surface area contributed by atoms with Crippen LogP contribution in [0.2, 0.25) is 0 Å². The second kappa shape index (κ2) is 21.7. The molecule has 0 bridgehead atoms. The SMILES string of the molecule is CN(C)C(COc1ccc(F)cc1-c1cc(C(C)(C)C)cc(-n2c3ccc(C(C)(C)C)cc3c3cc(C(C)(C)C)ccc32)c1O)COc1ccc(F)cc1-c1cc(C(C)(C)C)cc(-n2c3ccc(C(C)(C)C)cc3c3cc(C(C)(C)C)ccc32)c1O. The number of hydrogen-bond donors (Lipinski definition) is 2. The minimum Gasteiger partial charge on any atom is -0.505 e. The van der Waals surface area contributed by atoms with Gasteiger partial charge in [-0.3, -0.25) is 0 Å². The lowest BCUT2D eigenvalue weighted by atomic mass is 9.84. The molecule has 8 aromatic carbocycles. The van der Waals surface area contributed by atoms with Crippen LogP contribution in [0.15, 0.2) is 133 Å². The molecule has 0 saturated carbocycles. The number of fused-ring (bicyclic) bond motifs is 6. The predicted octanol–water partition coefficient (Wildman–Crippen LogP) is 20.1. The highest BCUT2D eigenvalue weighted by atomic mass is 19.1. The van der Waals surface area contributed by atoms with Crippen molar-refractivity contribution >= 4 is 43.6 Å². The number of benzene rings is 8. The van der Waals surface area contributed by atoms with Crippen molar-refractivity contribution in [2.24, 2.45) is 0 Å². The third-order valence-electron chi connectivity index (χ3n) is 17.4. The van der Waals surface area contributed by atoms with E-state index < -0.39 is 11.6 Å². The molecule has 7 nitrogen and oxygen atoms in total. The van der Waals surface area contributed by atoms with Crippen LogP contribution in [-0.2, 0) is 32.5 Å². The maximum absolute atomic E-state index is 15.9. The zero-order valence-corrected chi connectivity index (χ0v) is 54.5. The molecule has 86 heavy (non-hydrogen) atoms. The number of phenols is 2. The Bertz CT molecular complexity index is 3850. The number of halogens is 2. The van der Waals surface area contributed by atoms with E-state index in [1.54, 1.807) is 12.1 Å². The number of likely N-dealkylation sites (N-methyl/N-ethyl adjacent to an activating group) is 1. The van der Waals surface area contributed by atoms with Crippen LogP contribution in [0, 0.1) is 11.6 Å². The van der Waals surface area contributed by atoms with Crippen molar-refractivity contribution in [3.05, 3.63) is 178 Å². The number of nitrogens with zero attached hydrogens (tertiary/aromatic N) is 3. The van der Waals surface area contributed by atoms with E-state index in [9.17, 15) is 10.2 Å². The first kappa shape index (κ1) is 61.5. The molecule has 2 heterocycles. The summed E-state index contributed by atoms with van der Waals surface area (Å²) in [4.78, 5) is 1.99. The highest BCUT2D eigenvalue weighted by Crippen LogP contribution is 2.49. The molecule has 0 aliphatic rings. The third kappa shape index (κ3) is 11.7. The maximum atomic E-state index is 15.9. The molecule has 2 aromatic heterocycles. The molecule has 0 unspecified atom stereocenters. The van der Waals surface area contributed by atoms with Crippen LogP contribution in [-0.4, -0.2) is 57.6 Å². The summed E-state index contributed by atoms with van der Waals surface area (Å²) in [5.74, 6) is -0.204. The summed E-state index contributed by atoms with van der Waals surface area (Å²) in [6.45, 7) is 39.7. The van der Waals surface area contributed by atoms with Crippen molar-refractivity contribution in [3.63, 3.8) is 0 Å². The molecule has 9 heteroatoms. The zero-order valence-electron chi connectivity index (χ0n) is 54.5. The van der Waals surface area contributed by atoms with Gasteiger partial charge in [0.25, 0.3) is 0 Å². The number of ether oxygens (including phenoxy) is 2. The fourth-order valence-electron chi connectivity index (χ4n) is 11.7. The van der Waals surface area contributed by atoms with Crippen molar-refractivity contribution < 1.29 is 28.5 Å². The minimum absolute atomic E-state index is 0.00665. The van der Waals surface area contributed by atoms with Crippen LogP contribution < -0.4 is 9.47 Å². The van der Waals surface area contributed by atoms with E-state index in [2.05, 4.69) is 219 Å². The Morgan fingerprint density at radius 3 is 0.895 bits per heavy atom. The Morgan fingerprint density at radius 1 is 0.360 bits per heavy atom. The summed E-state index contributed by atoms with van der Waals surface area (Å²) in [5.41, 5.74) is 12.2. The molecular weight excluding hydrogens is 1070 g/mol. The quantitative estimate of drug-likeness (QED) is 0.135. The summed E-state index contributed by atoms with van der Waals surface area (Å²) < 4.78 is 49.6. The van der Waals surface area contributed by atoms with Crippen LogP contribution in [0.3, 0.4) is 0 Å². The van der Waals surface area contributed by atoms with Gasteiger partial charge in [0.2, 0.25) is 0 Å². The van der Waals surface area contributed by atoms with Gasteiger partial charge in [0.1, 0.15) is 47.8 Å². The third-order valence-corrected chi connectivity index (χ3v) is 17.4. The summed E-state index contributed by atoms with van der Waals surface area (Å²) >= 11 is 0. The number of phenolic OH excluding ortho intramolecular Hbond substituents is 2. The smallest absolute Gasteiger partial charge is 0.147 e. The predicted molar refractivity (Wildman–Crippen MR) is 356 cm³/mol. The molecule has 0 fully saturated rings. The van der Waals surface area contributed by atoms with Gasteiger partial charge in [-0.2, -0.15) is 0 Å². The van der Waals surface area contributed by atoms with E-state index in [-0.39, 0.29) is 63.2 Å². The van der Waals surface area contributed by atoms with Gasteiger partial charge in [-0.25, -0.2) is 8.78 Å². The Morgan fingerprint density at radius 2 is 0.640 bits per heavy atom. The normalized spacial score (nSPS) is 13.2. The van der Waals surface area contributed by atoms with Crippen LogP contribution in [0.4, 0.5) is 8.78 Å². The van der Waals surface area contributed by atoms with Crippen LogP contribution in [0.5, 0.6) is 23.0 Å². The second-order valence-corrected chi connectivity index (χ2v) is 30.4. The van der Waals surface area contributed by atoms with Gasteiger partial charge in [0, 0.05) is 43.8 Å². The van der Waals surface area contributed by atoms with E-state index in [0.29, 0.717) is 45.1 Å². The lowest BCUT2D eigenvalue weighted by molar-refractivity contribution is 0.129. The van der Waals surface area contributed by atoms with Gasteiger partial charge in [-0.15, -0.1) is 0 Å². The minimum atomic E-state index is -0.475. The number of hydrogen-bond acceptors (Lipinski definition) is 5. The van der Waals surface area contributed by atoms with Gasteiger partial charge >= 0.3 is 0 Å². The van der Waals surface area contributed by atoms with Gasteiger partial charge in [-0.05, 0) is 189 Å². The monoisotopic (exact) mass is 1160 g/mol. The molecule has 0 spiro atoms. The van der Waals surface area contributed by atoms with Gasteiger partial charge < -0.3 is 33.7 Å². The molecule has 10 rings (SSSR count). The standard InChI is InChI=1S/C77H89F2N3O4/c1-72(2,3)45-21-27-62-54(33-45)55-34-46(73(4,5)6)22-28-63(55)81(62)66-39-49(76(13,14)15)37-60(70(66)83)58-41-51(78)25-31-68(58)85-43-53(80(19)20)44-86-69-32-26-52(79)42-59(69)61-38-50(77(16,17)18)40-67(71(61)84)82-64-29-23-47(74(7,8)9)35-56(64)57-36-48(75(10,11)12)24-30-65(57)82/h21-42,53,83-84H,43-44H2,1-20H3. The molecule has 0 atom stereocenters. The average molecular weight is 1160 g/mol. The number of aromatic hydroxyl groups is 2. The largest absolute Gasteiger partial charge is 0.505 e. The lowest BCUT2D eigenvalue weighted by Gasteiger charge is -2.27. The highest BCUT2D eigenvalue weighted by Gasteiger charge is 2.30. The summed E-state index contributed by atoms with van der Waals surface area (Å²) in [6.07, 6.45) is 0. The number of aromatic nitrogens is 2. The van der Waals surface area contributed by atoms with Gasteiger partial charge in [0.05, 0.1) is 39.5 Å². The Balaban J connectivity index is 1.03. The first-order chi connectivity index (χ1) is 39.9. The molecule has 0 aliphatic carbocycles. The summed E-state index contributed by atoms with van der Waals surface area (Å²) in [6, 6.07) is 43.0. The molecular formula is C77H89F2N3O4. The molecule has 0 radical (unpaired) electrons. The van der Waals surface area contributed by atoms with Crippen molar-refractivity contribution in [2.45, 2.75) is 163 Å². The Kier molecular flexibility index (Phi) is 15.5. The fourth-order valence-corrected chi connectivity index (χ4v) is 11.7. The van der Waals surface area contributed by atoms with E-state index >= 15 is 8.78 Å². The molecule has 0 amide bonds. The first-order valence-corrected chi connectivity index (χ1v) is 30.4. The van der Waals surface area contributed by atoms with E-state index in [1.165, 1.54) is 46.5 Å². The van der Waals surface area contributed by atoms with E-state index in [0.717, 1.165) is 54.7 Å². The molecule has 10 aromatic rings. The zero-order chi connectivity index (χ0) is 62.7. The van der Waals surface area contributed by atoms with Gasteiger partial charge in [0.15, 0.2) is 0 Å². The summed E-state index contributed by atoms with van der Waals surface area (Å²) in [5, 5.41) is 30.1. The maximum Gasteiger partial charge on any atom is 0.147 e. The Hall–Kier alpha value is -7.62. The average Bonchev–Trinajstić information content (AvgIpc) is 1.63. The summed E-state index contributed by atoms with van der Waals surface area (Å²) in [7, 11) is 3.87. The van der Waals surface area contributed by atoms with Gasteiger partial charge in [-0.1, -0.05) is 149 Å². The van der Waals surface area contributed by atoms with Crippen molar-refractivity contribution in [1.29, 1.82) is 0 Å². The number of rotatable bonds is 11.